The third kappa shape index (κ3) is 4.39. The fourth-order valence-corrected chi connectivity index (χ4v) is 4.38. The zero-order chi connectivity index (χ0) is 23.8. The van der Waals surface area contributed by atoms with E-state index in [1.165, 1.54) is 0 Å². The van der Waals surface area contributed by atoms with Crippen molar-refractivity contribution in [1.82, 2.24) is 19.9 Å². The zero-order valence-electron chi connectivity index (χ0n) is 19.7. The van der Waals surface area contributed by atoms with Crippen LogP contribution in [0, 0.1) is 0 Å². The van der Waals surface area contributed by atoms with Crippen LogP contribution in [0.1, 0.15) is 42.9 Å². The smallest absolute Gasteiger partial charge is 0.227 e. The molecule has 9 nitrogen and oxygen atoms in total. The highest BCUT2D eigenvalue weighted by atomic mass is 16.5. The number of furan rings is 1. The molecule has 2 aliphatic carbocycles. The van der Waals surface area contributed by atoms with Gasteiger partial charge in [-0.2, -0.15) is 0 Å². The van der Waals surface area contributed by atoms with Crippen molar-refractivity contribution in [2.75, 3.05) is 19.5 Å². The topological polar surface area (TPSA) is 104 Å². The molecule has 3 heterocycles. The molecule has 4 aromatic rings. The second kappa shape index (κ2) is 9.14. The maximum Gasteiger partial charge on any atom is 0.227 e. The van der Waals surface area contributed by atoms with Crippen LogP contribution >= 0.6 is 0 Å². The molecule has 0 saturated heterocycles. The van der Waals surface area contributed by atoms with E-state index in [9.17, 15) is 0 Å². The minimum Gasteiger partial charge on any atom is -0.490 e. The number of hydrogen-bond acceptors (Lipinski definition) is 9. The first-order valence-electron chi connectivity index (χ1n) is 11.9. The summed E-state index contributed by atoms with van der Waals surface area (Å²) in [6.07, 6.45) is 7.79. The first-order chi connectivity index (χ1) is 17.2. The standard InChI is InChI=1S/C26H27N5O4/c1-32-18-11-19(12-18)35-17-7-3-15(4-8-17)13-27-25-23-20(9-10-34-23)30-24(31-25)21-22(16-5-6-16)28-14-29-26(21)33-2/h3-4,7-10,14,16,18-19H,5-6,11-13H2,1-2H3,(H,27,30,31). The molecular weight excluding hydrogens is 446 g/mol. The summed E-state index contributed by atoms with van der Waals surface area (Å²) in [6.45, 7) is 0.569. The van der Waals surface area contributed by atoms with E-state index < -0.39 is 0 Å². The minimum absolute atomic E-state index is 0.232. The highest BCUT2D eigenvalue weighted by molar-refractivity contribution is 5.86. The zero-order valence-corrected chi connectivity index (χ0v) is 19.7. The Bertz CT molecular complexity index is 1330. The Kier molecular flexibility index (Phi) is 5.69. The Hall–Kier alpha value is -3.72. The number of anilines is 1. The lowest BCUT2D eigenvalue weighted by molar-refractivity contribution is -0.0381. The summed E-state index contributed by atoms with van der Waals surface area (Å²) in [7, 11) is 3.35. The molecule has 35 heavy (non-hydrogen) atoms. The van der Waals surface area contributed by atoms with E-state index in [0.717, 1.165) is 48.3 Å². The fourth-order valence-electron chi connectivity index (χ4n) is 4.38. The SMILES string of the molecule is COc1ncnc(C2CC2)c1-c1nc(NCc2ccc(OC3CC(OC)C3)cc2)c2occc2n1. The number of benzene rings is 1. The molecule has 0 atom stereocenters. The van der Waals surface area contributed by atoms with Gasteiger partial charge < -0.3 is 23.9 Å². The predicted octanol–water partition coefficient (Wildman–Crippen LogP) is 4.73. The fraction of sp³-hybridized carbons (Fsp3) is 0.385. The minimum atomic E-state index is 0.232. The first kappa shape index (κ1) is 21.8. The lowest BCUT2D eigenvalue weighted by Crippen LogP contribution is -2.38. The van der Waals surface area contributed by atoms with E-state index in [4.69, 9.17) is 28.6 Å². The van der Waals surface area contributed by atoms with E-state index in [1.807, 2.05) is 18.2 Å². The molecule has 6 rings (SSSR count). The average molecular weight is 474 g/mol. The number of nitrogens with one attached hydrogen (secondary N) is 1. The summed E-state index contributed by atoms with van der Waals surface area (Å²) in [5.41, 5.74) is 4.10. The third-order valence-electron chi connectivity index (χ3n) is 6.60. The summed E-state index contributed by atoms with van der Waals surface area (Å²) in [4.78, 5) is 18.4. The summed E-state index contributed by atoms with van der Waals surface area (Å²) >= 11 is 0. The molecule has 0 radical (unpaired) electrons. The second-order valence-corrected chi connectivity index (χ2v) is 9.01. The number of fused-ring (bicyclic) bond motifs is 1. The summed E-state index contributed by atoms with van der Waals surface area (Å²) in [5, 5.41) is 3.41. The van der Waals surface area contributed by atoms with Crippen LogP contribution in [-0.2, 0) is 11.3 Å². The molecule has 0 bridgehead atoms. The van der Waals surface area contributed by atoms with Crippen molar-refractivity contribution < 1.29 is 18.6 Å². The van der Waals surface area contributed by atoms with Crippen LogP contribution in [-0.4, -0.2) is 46.4 Å². The molecule has 180 valence electrons. The van der Waals surface area contributed by atoms with Crippen LogP contribution in [0.4, 0.5) is 5.82 Å². The highest BCUT2D eigenvalue weighted by Gasteiger charge is 2.32. The van der Waals surface area contributed by atoms with Crippen LogP contribution < -0.4 is 14.8 Å². The molecule has 1 N–H and O–H groups in total. The summed E-state index contributed by atoms with van der Waals surface area (Å²) < 4.78 is 22.6. The molecule has 0 unspecified atom stereocenters. The van der Waals surface area contributed by atoms with Crippen molar-refractivity contribution in [2.24, 2.45) is 0 Å². The van der Waals surface area contributed by atoms with Gasteiger partial charge >= 0.3 is 0 Å². The van der Waals surface area contributed by atoms with Gasteiger partial charge in [-0.05, 0) is 30.5 Å². The quantitative estimate of drug-likeness (QED) is 0.369. The molecule has 1 aromatic carbocycles. The van der Waals surface area contributed by atoms with Gasteiger partial charge in [0.25, 0.3) is 0 Å². The van der Waals surface area contributed by atoms with Crippen molar-refractivity contribution in [1.29, 1.82) is 0 Å². The number of rotatable bonds is 9. The van der Waals surface area contributed by atoms with E-state index >= 15 is 0 Å². The predicted molar refractivity (Wildman–Crippen MR) is 130 cm³/mol. The number of ether oxygens (including phenoxy) is 3. The van der Waals surface area contributed by atoms with Gasteiger partial charge in [0.2, 0.25) is 5.88 Å². The maximum absolute atomic E-state index is 6.01. The molecular formula is C26H27N5O4. The molecule has 3 aromatic heterocycles. The van der Waals surface area contributed by atoms with Crippen LogP contribution in [0.3, 0.4) is 0 Å². The number of aromatic nitrogens is 4. The molecule has 2 aliphatic rings. The third-order valence-corrected chi connectivity index (χ3v) is 6.60. The van der Waals surface area contributed by atoms with E-state index in [-0.39, 0.29) is 6.10 Å². The number of hydrogen-bond donors (Lipinski definition) is 1. The van der Waals surface area contributed by atoms with Crippen LogP contribution in [0.15, 0.2) is 47.3 Å². The van der Waals surface area contributed by atoms with Crippen LogP contribution in [0.5, 0.6) is 11.6 Å². The number of nitrogens with zero attached hydrogens (tertiary/aromatic N) is 4. The molecule has 0 aliphatic heterocycles. The lowest BCUT2D eigenvalue weighted by Gasteiger charge is -2.34. The maximum atomic E-state index is 6.01. The monoisotopic (exact) mass is 473 g/mol. The molecule has 9 heteroatoms. The molecule has 0 spiro atoms. The molecule has 2 fully saturated rings. The van der Waals surface area contributed by atoms with Gasteiger partial charge in [-0.25, -0.2) is 19.9 Å². The average Bonchev–Trinajstić information content (AvgIpc) is 3.61. The van der Waals surface area contributed by atoms with Crippen LogP contribution in [0.2, 0.25) is 0 Å². The van der Waals surface area contributed by atoms with Gasteiger partial charge in [-0.1, -0.05) is 12.1 Å². The molecule has 2 saturated carbocycles. The lowest BCUT2D eigenvalue weighted by atomic mass is 9.92. The van der Waals surface area contributed by atoms with Crippen molar-refractivity contribution >= 4 is 16.9 Å². The first-order valence-corrected chi connectivity index (χ1v) is 11.9. The Morgan fingerprint density at radius 2 is 1.83 bits per heavy atom. The van der Waals surface area contributed by atoms with Crippen LogP contribution in [0.25, 0.3) is 22.5 Å². The van der Waals surface area contributed by atoms with Gasteiger partial charge in [-0.15, -0.1) is 0 Å². The van der Waals surface area contributed by atoms with Gasteiger partial charge in [0, 0.05) is 38.5 Å². The van der Waals surface area contributed by atoms with Crippen molar-refractivity contribution in [2.45, 2.75) is 50.4 Å². The Morgan fingerprint density at radius 3 is 2.57 bits per heavy atom. The van der Waals surface area contributed by atoms with Gasteiger partial charge in [0.15, 0.2) is 17.2 Å². The van der Waals surface area contributed by atoms with Gasteiger partial charge in [0.05, 0.1) is 25.2 Å². The summed E-state index contributed by atoms with van der Waals surface area (Å²) in [5.74, 6) is 2.88. The van der Waals surface area contributed by atoms with E-state index in [2.05, 4.69) is 27.4 Å². The Morgan fingerprint density at radius 1 is 1.00 bits per heavy atom. The van der Waals surface area contributed by atoms with Gasteiger partial charge in [0.1, 0.15) is 29.3 Å². The van der Waals surface area contributed by atoms with Gasteiger partial charge in [-0.3, -0.25) is 0 Å². The normalized spacial score (nSPS) is 19.4. The van der Waals surface area contributed by atoms with E-state index in [1.54, 1.807) is 26.8 Å². The second-order valence-electron chi connectivity index (χ2n) is 9.01. The summed E-state index contributed by atoms with van der Waals surface area (Å²) in [6, 6.07) is 9.93. The Balaban J connectivity index is 1.23. The molecule has 0 amide bonds. The van der Waals surface area contributed by atoms with Crippen molar-refractivity contribution in [3.05, 3.63) is 54.2 Å². The largest absolute Gasteiger partial charge is 0.490 e. The van der Waals surface area contributed by atoms with Crippen molar-refractivity contribution in [3.63, 3.8) is 0 Å². The Labute approximate surface area is 202 Å². The highest BCUT2D eigenvalue weighted by Crippen LogP contribution is 2.45. The van der Waals surface area contributed by atoms with E-state index in [0.29, 0.717) is 47.2 Å². The van der Waals surface area contributed by atoms with Crippen molar-refractivity contribution in [3.8, 4) is 23.0 Å². The number of methoxy groups -OCH3 is 2.